The van der Waals surface area contributed by atoms with Crippen LogP contribution in [0.3, 0.4) is 0 Å². The summed E-state index contributed by atoms with van der Waals surface area (Å²) in [6, 6.07) is 0. The van der Waals surface area contributed by atoms with Crippen LogP contribution in [0.4, 0.5) is 0 Å². The van der Waals surface area contributed by atoms with Gasteiger partial charge in [0.25, 0.3) is 0 Å². The van der Waals surface area contributed by atoms with Crippen LogP contribution in [0.2, 0.25) is 0 Å². The molecule has 0 aromatic carbocycles. The van der Waals surface area contributed by atoms with Crippen molar-refractivity contribution in [1.82, 2.24) is 0 Å². The van der Waals surface area contributed by atoms with Crippen molar-refractivity contribution in [2.45, 2.75) is 84.0 Å². The minimum Gasteiger partial charge on any atom is -0.179 e. The molecule has 0 bridgehead atoms. The lowest BCUT2D eigenvalue weighted by atomic mass is 9.93. The van der Waals surface area contributed by atoms with E-state index in [1.807, 2.05) is 11.8 Å². The lowest BCUT2D eigenvalue weighted by molar-refractivity contribution is 0.496. The Hall–Kier alpha value is 0.180. The van der Waals surface area contributed by atoms with Gasteiger partial charge in [-0.1, -0.05) is 50.0 Å². The second kappa shape index (κ2) is 12.5. The van der Waals surface area contributed by atoms with E-state index >= 15 is 0 Å². The van der Waals surface area contributed by atoms with E-state index in [1.54, 1.807) is 5.57 Å². The second-order valence-electron chi connectivity index (χ2n) is 7.38. The molecule has 1 aliphatic rings. The van der Waals surface area contributed by atoms with Gasteiger partial charge in [-0.15, -0.1) is 0 Å². The lowest BCUT2D eigenvalue weighted by Crippen LogP contribution is -1.99. The second-order valence-corrected chi connectivity index (χ2v) is 8.81. The van der Waals surface area contributed by atoms with E-state index in [2.05, 4.69) is 38.5 Å². The minimum absolute atomic E-state index is 0.498. The quantitative estimate of drug-likeness (QED) is 0.170. The predicted molar refractivity (Wildman–Crippen MR) is 113 cm³/mol. The van der Waals surface area contributed by atoms with Gasteiger partial charge in [-0.25, -0.2) is 0 Å². The molecule has 1 aliphatic carbocycles. The van der Waals surface area contributed by atoms with Crippen molar-refractivity contribution < 1.29 is 0 Å². The summed E-state index contributed by atoms with van der Waals surface area (Å²) in [5.41, 5.74) is 3.71. The highest BCUT2D eigenvalue weighted by molar-refractivity contribution is 7.98. The van der Waals surface area contributed by atoms with Gasteiger partial charge in [-0.05, 0) is 75.5 Å². The zero-order valence-corrected chi connectivity index (χ0v) is 17.3. The molecular formula is C21H38S2. The summed E-state index contributed by atoms with van der Waals surface area (Å²) in [4.78, 5) is 0. The Balaban J connectivity index is 1.92. The number of hydrogen-bond acceptors (Lipinski definition) is 2. The van der Waals surface area contributed by atoms with Gasteiger partial charge in [0.2, 0.25) is 0 Å². The third-order valence-electron chi connectivity index (χ3n) is 5.10. The highest BCUT2D eigenvalue weighted by atomic mass is 32.2. The summed E-state index contributed by atoms with van der Waals surface area (Å²) in [7, 11) is 0. The van der Waals surface area contributed by atoms with E-state index in [0.717, 1.165) is 5.75 Å². The first-order valence-corrected chi connectivity index (χ1v) is 11.6. The highest BCUT2D eigenvalue weighted by Crippen LogP contribution is 2.50. The third kappa shape index (κ3) is 9.92. The molecule has 2 heteroatoms. The molecule has 0 amide bonds. The fourth-order valence-corrected chi connectivity index (χ4v) is 4.05. The molecule has 0 N–H and O–H groups in total. The van der Waals surface area contributed by atoms with Crippen LogP contribution in [0.5, 0.6) is 0 Å². The maximum atomic E-state index is 4.29. The zero-order chi connectivity index (χ0) is 17.0. The minimum atomic E-state index is 0.498. The van der Waals surface area contributed by atoms with Crippen LogP contribution in [-0.2, 0) is 0 Å². The molecule has 134 valence electrons. The summed E-state index contributed by atoms with van der Waals surface area (Å²) in [6.45, 7) is 6.68. The van der Waals surface area contributed by atoms with Gasteiger partial charge in [-0.2, -0.15) is 24.4 Å². The van der Waals surface area contributed by atoms with Crippen molar-refractivity contribution in [1.29, 1.82) is 0 Å². The van der Waals surface area contributed by atoms with Gasteiger partial charge in [0.1, 0.15) is 0 Å². The Morgan fingerprint density at radius 3 is 2.43 bits per heavy atom. The monoisotopic (exact) mass is 354 g/mol. The molecule has 1 atom stereocenters. The van der Waals surface area contributed by atoms with Crippen molar-refractivity contribution in [3.05, 3.63) is 23.8 Å². The Labute approximate surface area is 155 Å². The normalized spacial score (nSPS) is 19.7. The van der Waals surface area contributed by atoms with Gasteiger partial charge in [0.15, 0.2) is 0 Å². The summed E-state index contributed by atoms with van der Waals surface area (Å²) >= 11 is 6.24. The van der Waals surface area contributed by atoms with Crippen LogP contribution in [0.25, 0.3) is 0 Å². The van der Waals surface area contributed by atoms with E-state index in [9.17, 15) is 0 Å². The molecule has 0 nitrogen and oxygen atoms in total. The zero-order valence-electron chi connectivity index (χ0n) is 15.5. The Bertz CT molecular complexity index is 359. The number of thiol groups is 1. The predicted octanol–water partition coefficient (Wildman–Crippen LogP) is 7.46. The standard InChI is InChI=1S/C21H38S2/c1-19(13-8-11-17-23-3)12-6-4-7-14-20-18-21(20,2)15-9-5-10-16-22/h18,22H,1,4-17H2,2-3H3. The molecule has 0 spiro atoms. The number of thioether (sulfide) groups is 1. The van der Waals surface area contributed by atoms with E-state index in [0.29, 0.717) is 5.41 Å². The molecule has 23 heavy (non-hydrogen) atoms. The first kappa shape index (κ1) is 21.2. The number of unbranched alkanes of at least 4 members (excludes halogenated alkanes) is 5. The first-order valence-electron chi connectivity index (χ1n) is 9.61. The molecule has 0 fully saturated rings. The fourth-order valence-electron chi connectivity index (χ4n) is 3.33. The maximum absolute atomic E-state index is 4.29. The van der Waals surface area contributed by atoms with E-state index in [1.165, 1.54) is 88.4 Å². The van der Waals surface area contributed by atoms with Crippen LogP contribution in [0, 0.1) is 5.41 Å². The highest BCUT2D eigenvalue weighted by Gasteiger charge is 2.36. The molecule has 0 saturated carbocycles. The molecule has 0 aliphatic heterocycles. The van der Waals surface area contributed by atoms with Gasteiger partial charge in [0, 0.05) is 5.41 Å². The molecule has 0 aromatic rings. The Morgan fingerprint density at radius 2 is 1.74 bits per heavy atom. The largest absolute Gasteiger partial charge is 0.179 e. The molecule has 0 aromatic heterocycles. The van der Waals surface area contributed by atoms with Gasteiger partial charge < -0.3 is 0 Å². The molecular weight excluding hydrogens is 316 g/mol. The maximum Gasteiger partial charge on any atom is 0.00657 e. The van der Waals surface area contributed by atoms with Crippen molar-refractivity contribution in [2.75, 3.05) is 17.8 Å². The van der Waals surface area contributed by atoms with Crippen molar-refractivity contribution in [3.8, 4) is 0 Å². The molecule has 0 saturated heterocycles. The van der Waals surface area contributed by atoms with Gasteiger partial charge >= 0.3 is 0 Å². The van der Waals surface area contributed by atoms with Crippen molar-refractivity contribution in [2.24, 2.45) is 5.41 Å². The topological polar surface area (TPSA) is 0 Å². The Morgan fingerprint density at radius 1 is 1.04 bits per heavy atom. The number of rotatable bonds is 16. The van der Waals surface area contributed by atoms with Crippen molar-refractivity contribution >= 4 is 24.4 Å². The SMILES string of the molecule is C=C(CCCCCC1=CC1(C)CCCCCS)CCCCSC. The number of allylic oxidation sites excluding steroid dienone is 3. The summed E-state index contributed by atoms with van der Waals surface area (Å²) in [5, 5.41) is 0. The first-order chi connectivity index (χ1) is 11.1. The molecule has 0 heterocycles. The van der Waals surface area contributed by atoms with Crippen LogP contribution in [-0.4, -0.2) is 17.8 Å². The smallest absolute Gasteiger partial charge is 0.00657 e. The van der Waals surface area contributed by atoms with Crippen LogP contribution < -0.4 is 0 Å². The summed E-state index contributed by atoms with van der Waals surface area (Å²) < 4.78 is 0. The van der Waals surface area contributed by atoms with E-state index < -0.39 is 0 Å². The van der Waals surface area contributed by atoms with Crippen molar-refractivity contribution in [3.63, 3.8) is 0 Å². The van der Waals surface area contributed by atoms with E-state index in [-0.39, 0.29) is 0 Å². The average Bonchev–Trinajstić information content (AvgIpc) is 3.18. The fraction of sp³-hybridized carbons (Fsp3) is 0.810. The van der Waals surface area contributed by atoms with Crippen LogP contribution >= 0.6 is 24.4 Å². The number of hydrogen-bond donors (Lipinski definition) is 1. The summed E-state index contributed by atoms with van der Waals surface area (Å²) in [5.74, 6) is 2.34. The van der Waals surface area contributed by atoms with Crippen LogP contribution in [0.1, 0.15) is 84.0 Å². The average molecular weight is 355 g/mol. The molecule has 1 rings (SSSR count). The van der Waals surface area contributed by atoms with Crippen LogP contribution in [0.15, 0.2) is 23.8 Å². The van der Waals surface area contributed by atoms with E-state index in [4.69, 9.17) is 0 Å². The molecule has 1 unspecified atom stereocenters. The third-order valence-corrected chi connectivity index (χ3v) is 6.12. The molecule has 0 radical (unpaired) electrons. The lowest BCUT2D eigenvalue weighted by Gasteiger charge is -2.12. The van der Waals surface area contributed by atoms with Gasteiger partial charge in [0.05, 0.1) is 0 Å². The summed E-state index contributed by atoms with van der Waals surface area (Å²) in [6.07, 6.45) is 20.7. The Kier molecular flexibility index (Phi) is 11.6. The van der Waals surface area contributed by atoms with Gasteiger partial charge in [-0.3, -0.25) is 0 Å².